The lowest BCUT2D eigenvalue weighted by atomic mass is 10.0. The van der Waals surface area contributed by atoms with Crippen LogP contribution in [0.3, 0.4) is 0 Å². The summed E-state index contributed by atoms with van der Waals surface area (Å²) in [5.41, 5.74) is 2.57. The van der Waals surface area contributed by atoms with Crippen molar-refractivity contribution in [2.75, 3.05) is 11.9 Å². The van der Waals surface area contributed by atoms with Gasteiger partial charge in [0, 0.05) is 32.8 Å². The molecule has 0 saturated heterocycles. The molecule has 6 nitrogen and oxygen atoms in total. The highest BCUT2D eigenvalue weighted by molar-refractivity contribution is 6.31. The number of halogens is 2. The van der Waals surface area contributed by atoms with Crippen LogP contribution in [0.1, 0.15) is 27.0 Å². The number of carbonyl (C=O) groups excluding carboxylic acids is 3. The molecule has 0 aliphatic heterocycles. The van der Waals surface area contributed by atoms with Crippen molar-refractivity contribution in [2.24, 2.45) is 0 Å². The number of ether oxygens (including phenoxy) is 2. The van der Waals surface area contributed by atoms with Gasteiger partial charge in [-0.05, 0) is 48.0 Å². The second-order valence-electron chi connectivity index (χ2n) is 8.32. The maximum Gasteiger partial charge on any atom is 0.331 e. The Balaban J connectivity index is 1.28. The van der Waals surface area contributed by atoms with E-state index in [1.54, 1.807) is 72.8 Å². The van der Waals surface area contributed by atoms with Gasteiger partial charge in [-0.3, -0.25) is 9.59 Å². The van der Waals surface area contributed by atoms with Gasteiger partial charge in [0.1, 0.15) is 12.4 Å². The summed E-state index contributed by atoms with van der Waals surface area (Å²) in [6.45, 7) is -0.194. The minimum absolute atomic E-state index is 0.229. The van der Waals surface area contributed by atoms with Crippen LogP contribution in [-0.4, -0.2) is 24.3 Å². The van der Waals surface area contributed by atoms with Crippen molar-refractivity contribution in [3.63, 3.8) is 0 Å². The fourth-order valence-corrected chi connectivity index (χ4v) is 3.91. The van der Waals surface area contributed by atoms with Crippen LogP contribution in [0.15, 0.2) is 103 Å². The number of anilines is 1. The quantitative estimate of drug-likeness (QED) is 0.128. The highest BCUT2D eigenvalue weighted by Crippen LogP contribution is 2.24. The first-order valence-corrected chi connectivity index (χ1v) is 12.6. The van der Waals surface area contributed by atoms with Gasteiger partial charge >= 0.3 is 5.97 Å². The van der Waals surface area contributed by atoms with Crippen molar-refractivity contribution in [1.29, 1.82) is 0 Å². The van der Waals surface area contributed by atoms with Gasteiger partial charge in [-0.1, -0.05) is 83.9 Å². The van der Waals surface area contributed by atoms with E-state index in [0.29, 0.717) is 28.0 Å². The highest BCUT2D eigenvalue weighted by Gasteiger charge is 2.16. The molecule has 0 heterocycles. The van der Waals surface area contributed by atoms with Crippen molar-refractivity contribution in [1.82, 2.24) is 0 Å². The second kappa shape index (κ2) is 13.4. The van der Waals surface area contributed by atoms with E-state index in [0.717, 1.165) is 11.1 Å². The van der Waals surface area contributed by atoms with E-state index in [4.69, 9.17) is 32.7 Å². The number of hydrogen-bond donors (Lipinski definition) is 1. The van der Waals surface area contributed by atoms with E-state index in [1.807, 2.05) is 18.2 Å². The zero-order chi connectivity index (χ0) is 27.6. The van der Waals surface area contributed by atoms with Crippen LogP contribution in [0.25, 0.3) is 6.08 Å². The van der Waals surface area contributed by atoms with Crippen LogP contribution in [-0.2, 0) is 20.9 Å². The molecular weight excluding hydrogens is 537 g/mol. The van der Waals surface area contributed by atoms with Gasteiger partial charge in [0.05, 0.1) is 5.69 Å². The third kappa shape index (κ3) is 8.04. The van der Waals surface area contributed by atoms with Crippen molar-refractivity contribution in [2.45, 2.75) is 6.61 Å². The van der Waals surface area contributed by atoms with Gasteiger partial charge in [-0.15, -0.1) is 0 Å². The molecule has 39 heavy (non-hydrogen) atoms. The molecule has 0 aliphatic carbocycles. The molecule has 4 aromatic carbocycles. The Morgan fingerprint density at radius 2 is 1.54 bits per heavy atom. The summed E-state index contributed by atoms with van der Waals surface area (Å²) >= 11 is 12.2. The Kier molecular flexibility index (Phi) is 9.51. The molecular formula is C31H23Cl2NO5. The van der Waals surface area contributed by atoms with Crippen molar-refractivity contribution >= 4 is 52.6 Å². The van der Waals surface area contributed by atoms with Crippen molar-refractivity contribution in [3.8, 4) is 5.75 Å². The monoisotopic (exact) mass is 559 g/mol. The topological polar surface area (TPSA) is 81.7 Å². The highest BCUT2D eigenvalue weighted by atomic mass is 35.5. The van der Waals surface area contributed by atoms with Crippen LogP contribution >= 0.6 is 23.2 Å². The number of ketones is 1. The van der Waals surface area contributed by atoms with E-state index >= 15 is 0 Å². The smallest absolute Gasteiger partial charge is 0.331 e. The number of esters is 1. The molecule has 0 atom stereocenters. The summed E-state index contributed by atoms with van der Waals surface area (Å²) in [7, 11) is 0. The van der Waals surface area contributed by atoms with Gasteiger partial charge in [-0.25, -0.2) is 4.79 Å². The van der Waals surface area contributed by atoms with E-state index in [1.165, 1.54) is 18.2 Å². The summed E-state index contributed by atoms with van der Waals surface area (Å²) in [4.78, 5) is 37.5. The Morgan fingerprint density at radius 1 is 0.821 bits per heavy atom. The summed E-state index contributed by atoms with van der Waals surface area (Å²) in [5.74, 6) is -0.936. The fraction of sp³-hybridized carbons (Fsp3) is 0.0645. The minimum Gasteiger partial charge on any atom is -0.489 e. The zero-order valence-corrected chi connectivity index (χ0v) is 22.1. The second-order valence-corrected chi connectivity index (χ2v) is 9.17. The van der Waals surface area contributed by atoms with Gasteiger partial charge < -0.3 is 14.8 Å². The van der Waals surface area contributed by atoms with Gasteiger partial charge in [0.2, 0.25) is 0 Å². The fourth-order valence-electron chi connectivity index (χ4n) is 3.55. The van der Waals surface area contributed by atoms with Crippen LogP contribution in [0, 0.1) is 0 Å². The Hall–Kier alpha value is -4.39. The van der Waals surface area contributed by atoms with E-state index in [9.17, 15) is 14.4 Å². The molecule has 0 aliphatic rings. The van der Waals surface area contributed by atoms with Gasteiger partial charge in [-0.2, -0.15) is 0 Å². The summed E-state index contributed by atoms with van der Waals surface area (Å²) < 4.78 is 10.8. The summed E-state index contributed by atoms with van der Waals surface area (Å²) in [6, 6.07) is 27.7. The Bertz CT molecular complexity index is 1500. The van der Waals surface area contributed by atoms with E-state index in [2.05, 4.69) is 5.32 Å². The number of amides is 1. The number of carbonyl (C=O) groups is 3. The normalized spacial score (nSPS) is 10.7. The Labute approximate surface area is 235 Å². The maximum absolute atomic E-state index is 12.9. The molecule has 0 bridgehead atoms. The standard InChI is InChI=1S/C31H23Cl2NO5/c32-24-13-16-28(26(18-24)31(37)22-6-2-1-3-7-22)34-29(35)20-39-30(36)17-12-21-10-14-25(15-11-21)38-19-23-8-4-5-9-27(23)33/h1-18H,19-20H2,(H,34,35). The van der Waals surface area contributed by atoms with Crippen LogP contribution in [0.4, 0.5) is 5.69 Å². The number of hydrogen-bond acceptors (Lipinski definition) is 5. The molecule has 0 fully saturated rings. The van der Waals surface area contributed by atoms with Crippen LogP contribution in [0.2, 0.25) is 10.0 Å². The molecule has 0 unspecified atom stereocenters. The molecule has 196 valence electrons. The summed E-state index contributed by atoms with van der Waals surface area (Å²) in [5, 5.41) is 3.60. The lowest BCUT2D eigenvalue weighted by Crippen LogP contribution is -2.21. The van der Waals surface area contributed by atoms with Crippen LogP contribution in [0.5, 0.6) is 5.75 Å². The first kappa shape index (κ1) is 27.6. The zero-order valence-electron chi connectivity index (χ0n) is 20.6. The van der Waals surface area contributed by atoms with Gasteiger partial charge in [0.25, 0.3) is 5.91 Å². The largest absolute Gasteiger partial charge is 0.489 e. The molecule has 4 rings (SSSR count). The van der Waals surface area contributed by atoms with Crippen molar-refractivity contribution < 1.29 is 23.9 Å². The van der Waals surface area contributed by atoms with Crippen LogP contribution < -0.4 is 10.1 Å². The number of benzene rings is 4. The number of rotatable bonds is 10. The first-order chi connectivity index (χ1) is 18.9. The van der Waals surface area contributed by atoms with E-state index in [-0.39, 0.29) is 17.0 Å². The average Bonchev–Trinajstić information content (AvgIpc) is 2.96. The Morgan fingerprint density at radius 3 is 2.28 bits per heavy atom. The first-order valence-electron chi connectivity index (χ1n) is 11.9. The molecule has 0 aromatic heterocycles. The lowest BCUT2D eigenvalue weighted by Gasteiger charge is -2.11. The molecule has 4 aromatic rings. The third-order valence-corrected chi connectivity index (χ3v) is 6.13. The van der Waals surface area contributed by atoms with Gasteiger partial charge in [0.15, 0.2) is 12.4 Å². The molecule has 0 saturated carbocycles. The SMILES string of the molecule is O=C(COC(=O)C=Cc1ccc(OCc2ccccc2Cl)cc1)Nc1ccc(Cl)cc1C(=O)c1ccccc1. The van der Waals surface area contributed by atoms with E-state index < -0.39 is 18.5 Å². The molecule has 8 heteroatoms. The molecule has 0 spiro atoms. The lowest BCUT2D eigenvalue weighted by molar-refractivity contribution is -0.142. The number of nitrogens with one attached hydrogen (secondary N) is 1. The third-order valence-electron chi connectivity index (χ3n) is 5.53. The predicted molar refractivity (Wildman–Crippen MR) is 152 cm³/mol. The summed E-state index contributed by atoms with van der Waals surface area (Å²) in [6.07, 6.45) is 2.79. The minimum atomic E-state index is -0.694. The molecule has 1 N–H and O–H groups in total. The maximum atomic E-state index is 12.9. The average molecular weight is 560 g/mol. The molecule has 1 amide bonds. The van der Waals surface area contributed by atoms with Crippen molar-refractivity contribution in [3.05, 3.63) is 135 Å². The molecule has 0 radical (unpaired) electrons. The predicted octanol–water partition coefficient (Wildman–Crippen LogP) is 7.00.